The van der Waals surface area contributed by atoms with Gasteiger partial charge in [0.25, 0.3) is 5.91 Å². The Morgan fingerprint density at radius 1 is 1.00 bits per heavy atom. The molecule has 0 unspecified atom stereocenters. The molecule has 1 heterocycles. The van der Waals surface area contributed by atoms with Crippen LogP contribution in [-0.2, 0) is 4.79 Å². The number of hydrogen-bond acceptors (Lipinski definition) is 6. The van der Waals surface area contributed by atoms with E-state index in [-0.39, 0.29) is 12.5 Å². The molecule has 7 heteroatoms. The molecular formula is C25H21N3O4. The van der Waals surface area contributed by atoms with Crippen LogP contribution < -0.4 is 19.6 Å². The first kappa shape index (κ1) is 20.9. The van der Waals surface area contributed by atoms with Crippen LogP contribution in [0.2, 0.25) is 0 Å². The summed E-state index contributed by atoms with van der Waals surface area (Å²) in [7, 11) is 0. The van der Waals surface area contributed by atoms with Gasteiger partial charge in [0.05, 0.1) is 17.3 Å². The number of nitrogens with one attached hydrogen (secondary N) is 1. The van der Waals surface area contributed by atoms with Crippen LogP contribution in [-0.4, -0.2) is 31.4 Å². The molecule has 0 fully saturated rings. The SMILES string of the molecule is CC(=NNC(=O)COc1ccc(-c2ccc(C#N)cc2)cc1)c1ccc2c(c1)OCCO2. The van der Waals surface area contributed by atoms with Gasteiger partial charge in [0.2, 0.25) is 0 Å². The zero-order valence-electron chi connectivity index (χ0n) is 17.5. The van der Waals surface area contributed by atoms with Gasteiger partial charge in [-0.1, -0.05) is 24.3 Å². The maximum atomic E-state index is 12.1. The van der Waals surface area contributed by atoms with E-state index in [1.54, 1.807) is 31.2 Å². The zero-order valence-corrected chi connectivity index (χ0v) is 17.5. The highest BCUT2D eigenvalue weighted by molar-refractivity contribution is 5.99. The van der Waals surface area contributed by atoms with Crippen molar-refractivity contribution in [3.63, 3.8) is 0 Å². The molecule has 1 aliphatic rings. The highest BCUT2D eigenvalue weighted by Gasteiger charge is 2.13. The maximum Gasteiger partial charge on any atom is 0.277 e. The lowest BCUT2D eigenvalue weighted by Gasteiger charge is -2.18. The van der Waals surface area contributed by atoms with Crippen LogP contribution >= 0.6 is 0 Å². The summed E-state index contributed by atoms with van der Waals surface area (Å²) in [6.45, 7) is 2.69. The van der Waals surface area contributed by atoms with E-state index < -0.39 is 0 Å². The van der Waals surface area contributed by atoms with Gasteiger partial charge in [-0.25, -0.2) is 5.43 Å². The minimum absolute atomic E-state index is 0.159. The van der Waals surface area contributed by atoms with Gasteiger partial charge in [-0.3, -0.25) is 4.79 Å². The van der Waals surface area contributed by atoms with Gasteiger partial charge < -0.3 is 14.2 Å². The Labute approximate surface area is 185 Å². The molecule has 1 aliphatic heterocycles. The largest absolute Gasteiger partial charge is 0.486 e. The predicted molar refractivity (Wildman–Crippen MR) is 120 cm³/mol. The molecule has 0 radical (unpaired) electrons. The standard InChI is InChI=1S/C25H21N3O4/c1-17(21-8-11-23-24(14-21)31-13-12-30-23)27-28-25(29)16-32-22-9-6-20(7-10-22)19-4-2-18(15-26)3-5-19/h2-11,14H,12-13,16H2,1H3,(H,28,29). The molecule has 160 valence electrons. The molecule has 7 nitrogen and oxygen atoms in total. The summed E-state index contributed by atoms with van der Waals surface area (Å²) in [5.74, 6) is 1.58. The number of amides is 1. The lowest BCUT2D eigenvalue weighted by molar-refractivity contribution is -0.123. The third-order valence-electron chi connectivity index (χ3n) is 4.88. The van der Waals surface area contributed by atoms with Crippen molar-refractivity contribution in [2.75, 3.05) is 19.8 Å². The molecule has 0 spiro atoms. The molecule has 3 aromatic rings. The Balaban J connectivity index is 1.30. The second-order valence-corrected chi connectivity index (χ2v) is 7.09. The van der Waals surface area contributed by atoms with Crippen molar-refractivity contribution in [2.24, 2.45) is 5.10 Å². The molecule has 0 aliphatic carbocycles. The number of carbonyl (C=O) groups is 1. The predicted octanol–water partition coefficient (Wildman–Crippen LogP) is 3.92. The van der Waals surface area contributed by atoms with Gasteiger partial charge in [-0.2, -0.15) is 10.4 Å². The Morgan fingerprint density at radius 2 is 1.66 bits per heavy atom. The fourth-order valence-corrected chi connectivity index (χ4v) is 3.14. The summed E-state index contributed by atoms with van der Waals surface area (Å²) in [5, 5.41) is 13.0. The Morgan fingerprint density at radius 3 is 2.34 bits per heavy atom. The first-order valence-electron chi connectivity index (χ1n) is 10.1. The van der Waals surface area contributed by atoms with Crippen LogP contribution in [0.4, 0.5) is 0 Å². The molecule has 3 aromatic carbocycles. The van der Waals surface area contributed by atoms with Crippen molar-refractivity contribution < 1.29 is 19.0 Å². The Bertz CT molecular complexity index is 1180. The number of rotatable bonds is 6. The van der Waals surface area contributed by atoms with Crippen molar-refractivity contribution in [1.29, 1.82) is 5.26 Å². The van der Waals surface area contributed by atoms with Gasteiger partial charge in [0.1, 0.15) is 19.0 Å². The van der Waals surface area contributed by atoms with Gasteiger partial charge in [0, 0.05) is 5.56 Å². The lowest BCUT2D eigenvalue weighted by atomic mass is 10.0. The van der Waals surface area contributed by atoms with Crippen molar-refractivity contribution in [3.8, 4) is 34.4 Å². The molecule has 0 bridgehead atoms. The van der Waals surface area contributed by atoms with E-state index in [1.165, 1.54) is 0 Å². The molecule has 0 aromatic heterocycles. The Hall–Kier alpha value is -4.31. The number of carbonyl (C=O) groups excluding carboxylic acids is 1. The first-order valence-corrected chi connectivity index (χ1v) is 10.1. The minimum atomic E-state index is -0.363. The molecule has 1 N–H and O–H groups in total. The summed E-state index contributed by atoms with van der Waals surface area (Å²) >= 11 is 0. The van der Waals surface area contributed by atoms with Crippen LogP contribution in [0.3, 0.4) is 0 Å². The highest BCUT2D eigenvalue weighted by Crippen LogP contribution is 2.30. The molecule has 0 saturated carbocycles. The van der Waals surface area contributed by atoms with Crippen molar-refractivity contribution in [1.82, 2.24) is 5.43 Å². The Kier molecular flexibility index (Phi) is 6.33. The molecule has 1 amide bonds. The molecular weight excluding hydrogens is 406 g/mol. The van der Waals surface area contributed by atoms with Crippen molar-refractivity contribution in [3.05, 3.63) is 77.9 Å². The molecule has 0 atom stereocenters. The normalized spacial score (nSPS) is 12.6. The third-order valence-corrected chi connectivity index (χ3v) is 4.88. The average Bonchev–Trinajstić information content (AvgIpc) is 2.86. The van der Waals surface area contributed by atoms with E-state index in [0.717, 1.165) is 16.7 Å². The second kappa shape index (κ2) is 9.67. The van der Waals surface area contributed by atoms with Gasteiger partial charge in [-0.15, -0.1) is 0 Å². The maximum absolute atomic E-state index is 12.1. The van der Waals surface area contributed by atoms with E-state index in [2.05, 4.69) is 16.6 Å². The van der Waals surface area contributed by atoms with Crippen molar-refractivity contribution in [2.45, 2.75) is 6.92 Å². The summed E-state index contributed by atoms with van der Waals surface area (Å²) in [6, 6.07) is 22.4. The highest BCUT2D eigenvalue weighted by atomic mass is 16.6. The monoisotopic (exact) mass is 427 g/mol. The van der Waals surface area contributed by atoms with Crippen LogP contribution in [0.15, 0.2) is 71.8 Å². The topological polar surface area (TPSA) is 92.9 Å². The lowest BCUT2D eigenvalue weighted by Crippen LogP contribution is -2.25. The first-order chi connectivity index (χ1) is 15.6. The fraction of sp³-hybridized carbons (Fsp3) is 0.160. The molecule has 32 heavy (non-hydrogen) atoms. The van der Waals surface area contributed by atoms with Crippen LogP contribution in [0.5, 0.6) is 17.2 Å². The van der Waals surface area contributed by atoms with E-state index in [0.29, 0.717) is 41.7 Å². The van der Waals surface area contributed by atoms with Crippen LogP contribution in [0.25, 0.3) is 11.1 Å². The quantitative estimate of drug-likeness (QED) is 0.476. The summed E-state index contributed by atoms with van der Waals surface area (Å²) in [6.07, 6.45) is 0. The smallest absolute Gasteiger partial charge is 0.277 e. The number of hydrogen-bond donors (Lipinski definition) is 1. The summed E-state index contributed by atoms with van der Waals surface area (Å²) in [5.41, 5.74) is 6.58. The van der Waals surface area contributed by atoms with Gasteiger partial charge in [0.15, 0.2) is 18.1 Å². The number of nitriles is 1. The summed E-state index contributed by atoms with van der Waals surface area (Å²) < 4.78 is 16.6. The van der Waals surface area contributed by atoms with E-state index in [4.69, 9.17) is 19.5 Å². The third kappa shape index (κ3) is 5.05. The van der Waals surface area contributed by atoms with E-state index in [9.17, 15) is 4.79 Å². The van der Waals surface area contributed by atoms with E-state index in [1.807, 2.05) is 42.5 Å². The second-order valence-electron chi connectivity index (χ2n) is 7.09. The molecule has 4 rings (SSSR count). The van der Waals surface area contributed by atoms with Gasteiger partial charge >= 0.3 is 0 Å². The zero-order chi connectivity index (χ0) is 22.3. The number of benzene rings is 3. The number of fused-ring (bicyclic) bond motifs is 1. The number of ether oxygens (including phenoxy) is 3. The fourth-order valence-electron chi connectivity index (χ4n) is 3.14. The number of nitrogens with zero attached hydrogens (tertiary/aromatic N) is 2. The van der Waals surface area contributed by atoms with Crippen LogP contribution in [0.1, 0.15) is 18.1 Å². The molecule has 0 saturated heterocycles. The van der Waals surface area contributed by atoms with Crippen LogP contribution in [0, 0.1) is 11.3 Å². The number of hydrazone groups is 1. The average molecular weight is 427 g/mol. The summed E-state index contributed by atoms with van der Waals surface area (Å²) in [4.78, 5) is 12.1. The van der Waals surface area contributed by atoms with Crippen molar-refractivity contribution >= 4 is 11.6 Å². The van der Waals surface area contributed by atoms with E-state index >= 15 is 0 Å². The minimum Gasteiger partial charge on any atom is -0.486 e. The van der Waals surface area contributed by atoms with Gasteiger partial charge in [-0.05, 0) is 60.5 Å².